The average molecular weight is 276 g/mol. The summed E-state index contributed by atoms with van der Waals surface area (Å²) in [7, 11) is -3.76. The molecule has 0 heterocycles. The van der Waals surface area contributed by atoms with Crippen molar-refractivity contribution in [1.82, 2.24) is 4.72 Å². The van der Waals surface area contributed by atoms with Gasteiger partial charge in [0.1, 0.15) is 5.82 Å². The Morgan fingerprint density at radius 1 is 1.35 bits per heavy atom. The predicted molar refractivity (Wildman–Crippen MR) is 67.6 cm³/mol. The summed E-state index contributed by atoms with van der Waals surface area (Å²) in [6.07, 6.45) is 0. The van der Waals surface area contributed by atoms with Crippen LogP contribution in [0.15, 0.2) is 29.2 Å². The fourth-order valence-corrected chi connectivity index (χ4v) is 2.57. The molecule has 0 aromatic heterocycles. The van der Waals surface area contributed by atoms with Crippen LogP contribution in [0.3, 0.4) is 0 Å². The molecular formula is C10H13FN2O2S2. The Hall–Kier alpha value is -1.05. The van der Waals surface area contributed by atoms with Gasteiger partial charge in [-0.15, -0.1) is 0 Å². The number of hydrogen-bond donors (Lipinski definition) is 2. The molecule has 0 unspecified atom stereocenters. The number of hydrogen-bond acceptors (Lipinski definition) is 3. The molecular weight excluding hydrogens is 263 g/mol. The molecule has 0 spiro atoms. The van der Waals surface area contributed by atoms with Crippen molar-refractivity contribution in [2.45, 2.75) is 24.3 Å². The number of nitrogens with two attached hydrogens (primary N) is 1. The van der Waals surface area contributed by atoms with Crippen molar-refractivity contribution in [1.29, 1.82) is 0 Å². The standard InChI is InChI=1S/C10H13FN2O2S2/c1-10(2,9(12)16)13-17(14,15)8-5-3-7(11)4-6-8/h3-6,13H,1-2H3,(H2,12,16). The molecule has 0 amide bonds. The highest BCUT2D eigenvalue weighted by Crippen LogP contribution is 2.13. The van der Waals surface area contributed by atoms with Crippen molar-refractivity contribution in [3.05, 3.63) is 30.1 Å². The first-order valence-corrected chi connectivity index (χ1v) is 6.64. The molecule has 3 N–H and O–H groups in total. The summed E-state index contributed by atoms with van der Waals surface area (Å²) >= 11 is 4.76. The van der Waals surface area contributed by atoms with Gasteiger partial charge >= 0.3 is 0 Å². The van der Waals surface area contributed by atoms with Crippen LogP contribution in [0, 0.1) is 5.82 Å². The van der Waals surface area contributed by atoms with Crippen molar-refractivity contribution < 1.29 is 12.8 Å². The fourth-order valence-electron chi connectivity index (χ4n) is 1.06. The molecule has 0 saturated carbocycles. The van der Waals surface area contributed by atoms with Gasteiger partial charge in [-0.2, -0.15) is 4.72 Å². The smallest absolute Gasteiger partial charge is 0.241 e. The number of rotatable bonds is 4. The lowest BCUT2D eigenvalue weighted by Gasteiger charge is -2.24. The maximum absolute atomic E-state index is 12.7. The molecule has 0 aliphatic rings. The second kappa shape index (κ2) is 4.67. The largest absolute Gasteiger partial charge is 0.392 e. The molecule has 0 atom stereocenters. The predicted octanol–water partition coefficient (Wildman–Crippen LogP) is 1.17. The van der Waals surface area contributed by atoms with Crippen LogP contribution in [0.5, 0.6) is 0 Å². The normalized spacial score (nSPS) is 12.4. The molecule has 0 bridgehead atoms. The van der Waals surface area contributed by atoms with Gasteiger partial charge < -0.3 is 5.73 Å². The summed E-state index contributed by atoms with van der Waals surface area (Å²) in [5, 5.41) is 0. The van der Waals surface area contributed by atoms with Gasteiger partial charge in [0.15, 0.2) is 0 Å². The third kappa shape index (κ3) is 3.45. The van der Waals surface area contributed by atoms with Crippen LogP contribution >= 0.6 is 12.2 Å². The van der Waals surface area contributed by atoms with Gasteiger partial charge in [-0.25, -0.2) is 12.8 Å². The van der Waals surface area contributed by atoms with E-state index in [2.05, 4.69) is 4.72 Å². The first-order chi connectivity index (χ1) is 7.65. The highest BCUT2D eigenvalue weighted by atomic mass is 32.2. The van der Waals surface area contributed by atoms with Gasteiger partial charge in [0.2, 0.25) is 10.0 Å². The van der Waals surface area contributed by atoms with Gasteiger partial charge in [0, 0.05) is 0 Å². The highest BCUT2D eigenvalue weighted by Gasteiger charge is 2.28. The van der Waals surface area contributed by atoms with E-state index in [0.717, 1.165) is 12.1 Å². The first-order valence-electron chi connectivity index (χ1n) is 4.74. The maximum atomic E-state index is 12.7. The van der Waals surface area contributed by atoms with Crippen LogP contribution < -0.4 is 10.5 Å². The molecule has 0 saturated heterocycles. The molecule has 0 radical (unpaired) electrons. The van der Waals surface area contributed by atoms with E-state index in [9.17, 15) is 12.8 Å². The van der Waals surface area contributed by atoms with Crippen molar-refractivity contribution in [3.8, 4) is 0 Å². The third-order valence-electron chi connectivity index (χ3n) is 2.13. The number of thiocarbonyl (C=S) groups is 1. The molecule has 1 aromatic rings. The first kappa shape index (κ1) is 14.0. The van der Waals surface area contributed by atoms with Crippen LogP contribution in [-0.2, 0) is 10.0 Å². The van der Waals surface area contributed by atoms with E-state index in [0.29, 0.717) is 0 Å². The summed E-state index contributed by atoms with van der Waals surface area (Å²) in [5.74, 6) is -0.502. The SMILES string of the molecule is CC(C)(NS(=O)(=O)c1ccc(F)cc1)C(N)=S. The van der Waals surface area contributed by atoms with Gasteiger partial charge in [-0.3, -0.25) is 0 Å². The highest BCUT2D eigenvalue weighted by molar-refractivity contribution is 7.89. The molecule has 1 aromatic carbocycles. The van der Waals surface area contributed by atoms with E-state index < -0.39 is 21.4 Å². The van der Waals surface area contributed by atoms with E-state index in [1.165, 1.54) is 12.1 Å². The topological polar surface area (TPSA) is 72.2 Å². The lowest BCUT2D eigenvalue weighted by Crippen LogP contribution is -2.51. The zero-order valence-electron chi connectivity index (χ0n) is 9.40. The third-order valence-corrected chi connectivity index (χ3v) is 4.31. The van der Waals surface area contributed by atoms with Crippen LogP contribution in [0.25, 0.3) is 0 Å². The van der Waals surface area contributed by atoms with E-state index in [4.69, 9.17) is 18.0 Å². The van der Waals surface area contributed by atoms with Gasteiger partial charge in [0.05, 0.1) is 15.4 Å². The number of halogens is 1. The zero-order chi connectivity index (χ0) is 13.3. The minimum Gasteiger partial charge on any atom is -0.392 e. The van der Waals surface area contributed by atoms with Crippen LogP contribution in [0.1, 0.15) is 13.8 Å². The fraction of sp³-hybridized carbons (Fsp3) is 0.300. The molecule has 0 aliphatic carbocycles. The summed E-state index contributed by atoms with van der Waals surface area (Å²) in [5.41, 5.74) is 4.38. The Bertz CT molecular complexity index is 524. The number of nitrogens with one attached hydrogen (secondary N) is 1. The Morgan fingerprint density at radius 3 is 2.24 bits per heavy atom. The van der Waals surface area contributed by atoms with E-state index in [1.54, 1.807) is 13.8 Å². The minimum atomic E-state index is -3.76. The second-order valence-electron chi connectivity index (χ2n) is 4.05. The number of benzene rings is 1. The van der Waals surface area contributed by atoms with Crippen molar-refractivity contribution in [2.75, 3.05) is 0 Å². The molecule has 0 aliphatic heterocycles. The summed E-state index contributed by atoms with van der Waals surface area (Å²) in [6.45, 7) is 3.10. The molecule has 0 fully saturated rings. The Morgan fingerprint density at radius 2 is 1.82 bits per heavy atom. The van der Waals surface area contributed by atoms with E-state index in [1.807, 2.05) is 0 Å². The summed E-state index contributed by atoms with van der Waals surface area (Å²) < 4.78 is 38.9. The minimum absolute atomic E-state index is 0.0307. The van der Waals surface area contributed by atoms with Gasteiger partial charge in [-0.05, 0) is 38.1 Å². The Kier molecular flexibility index (Phi) is 3.85. The Balaban J connectivity index is 3.05. The number of sulfonamides is 1. The molecule has 94 valence electrons. The zero-order valence-corrected chi connectivity index (χ0v) is 11.0. The average Bonchev–Trinajstić information content (AvgIpc) is 2.16. The molecule has 17 heavy (non-hydrogen) atoms. The quantitative estimate of drug-likeness (QED) is 0.810. The van der Waals surface area contributed by atoms with Crippen LogP contribution in [-0.4, -0.2) is 18.9 Å². The maximum Gasteiger partial charge on any atom is 0.241 e. The molecule has 4 nitrogen and oxygen atoms in total. The summed E-state index contributed by atoms with van der Waals surface area (Å²) in [6, 6.07) is 4.49. The second-order valence-corrected chi connectivity index (χ2v) is 6.17. The van der Waals surface area contributed by atoms with Crippen molar-refractivity contribution >= 4 is 27.2 Å². The lowest BCUT2D eigenvalue weighted by atomic mass is 10.1. The monoisotopic (exact) mass is 276 g/mol. The van der Waals surface area contributed by atoms with Crippen LogP contribution in [0.4, 0.5) is 4.39 Å². The molecule has 7 heteroatoms. The van der Waals surface area contributed by atoms with Crippen molar-refractivity contribution in [2.24, 2.45) is 5.73 Å². The van der Waals surface area contributed by atoms with E-state index >= 15 is 0 Å². The molecule has 1 rings (SSSR count). The van der Waals surface area contributed by atoms with Gasteiger partial charge in [0.25, 0.3) is 0 Å². The van der Waals surface area contributed by atoms with Crippen molar-refractivity contribution in [3.63, 3.8) is 0 Å². The van der Waals surface area contributed by atoms with Gasteiger partial charge in [-0.1, -0.05) is 12.2 Å². The summed E-state index contributed by atoms with van der Waals surface area (Å²) in [4.78, 5) is -0.00795. The van der Waals surface area contributed by atoms with E-state index in [-0.39, 0.29) is 9.88 Å². The van der Waals surface area contributed by atoms with Crippen LogP contribution in [0.2, 0.25) is 0 Å². The Labute approximate surface area is 105 Å². The lowest BCUT2D eigenvalue weighted by molar-refractivity contribution is 0.546.